The molecule has 0 saturated heterocycles. The molecule has 0 aliphatic heterocycles. The average Bonchev–Trinajstić information content (AvgIpc) is 2.48. The number of carbonyl (C=O) groups excluding carboxylic acids is 1. The highest BCUT2D eigenvalue weighted by Crippen LogP contribution is 2.51. The van der Waals surface area contributed by atoms with E-state index in [1.165, 1.54) is 13.0 Å². The number of esters is 1. The number of rotatable bonds is 5. The molecule has 1 aromatic rings. The van der Waals surface area contributed by atoms with Crippen LogP contribution in [-0.4, -0.2) is 36.2 Å². The van der Waals surface area contributed by atoms with Gasteiger partial charge < -0.3 is 4.74 Å². The number of hydrogen-bond donors (Lipinski definition) is 0. The van der Waals surface area contributed by atoms with Crippen LogP contribution in [0.5, 0.6) is 5.75 Å². The van der Waals surface area contributed by atoms with Crippen LogP contribution in [0.2, 0.25) is 0 Å². The van der Waals surface area contributed by atoms with Gasteiger partial charge >= 0.3 is 36.2 Å². The second-order valence-corrected chi connectivity index (χ2v) is 5.37. The minimum atomic E-state index is -7.26. The molecule has 3 nitrogen and oxygen atoms in total. The molecule has 0 N–H and O–H groups in total. The molecular formula is C14H9F11O3. The van der Waals surface area contributed by atoms with Crippen LogP contribution in [-0.2, 0) is 9.53 Å². The molecule has 1 aromatic carbocycles. The van der Waals surface area contributed by atoms with Gasteiger partial charge in [0.25, 0.3) is 0 Å². The predicted octanol–water partition coefficient (Wildman–Crippen LogP) is 5.24. The van der Waals surface area contributed by atoms with Crippen LogP contribution in [0.15, 0.2) is 18.2 Å². The maximum Gasteiger partial charge on any atom is 0.462 e. The fourth-order valence-corrected chi connectivity index (χ4v) is 1.62. The number of carbonyl (C=O) groups is 1. The van der Waals surface area contributed by atoms with Gasteiger partial charge in [0.2, 0.25) is 0 Å². The molecule has 0 heterocycles. The second-order valence-electron chi connectivity index (χ2n) is 5.37. The highest BCUT2D eigenvalue weighted by Gasteiger charge is 2.80. The molecule has 14 heteroatoms. The topological polar surface area (TPSA) is 35.5 Å². The van der Waals surface area contributed by atoms with E-state index in [-0.39, 0.29) is 11.1 Å². The molecule has 0 fully saturated rings. The summed E-state index contributed by atoms with van der Waals surface area (Å²) in [6.07, 6.45) is -21.0. The molecule has 0 bridgehead atoms. The van der Waals surface area contributed by atoms with Crippen LogP contribution in [0.1, 0.15) is 11.1 Å². The van der Waals surface area contributed by atoms with Crippen molar-refractivity contribution in [3.05, 3.63) is 29.3 Å². The lowest BCUT2D eigenvalue weighted by Crippen LogP contribution is -2.62. The summed E-state index contributed by atoms with van der Waals surface area (Å²) < 4.78 is 146. The summed E-state index contributed by atoms with van der Waals surface area (Å²) in [6, 6.07) is 3.23. The Bertz CT molecular complexity index is 739. The smallest absolute Gasteiger partial charge is 0.422 e. The highest BCUT2D eigenvalue weighted by atomic mass is 19.4. The molecule has 0 aliphatic carbocycles. The molecule has 0 amide bonds. The van der Waals surface area contributed by atoms with E-state index in [1.54, 1.807) is 0 Å². The first kappa shape index (κ1) is 23.9. The van der Waals surface area contributed by atoms with Crippen molar-refractivity contribution >= 4 is 5.97 Å². The number of alkyl halides is 11. The Morgan fingerprint density at radius 1 is 0.821 bits per heavy atom. The van der Waals surface area contributed by atoms with Gasteiger partial charge in [-0.05, 0) is 31.0 Å². The molecule has 28 heavy (non-hydrogen) atoms. The molecule has 0 saturated carbocycles. The standard InChI is InChI=1S/C14H9F11O3/c1-6-4-3-5-8(7(6)2)27-9(26)10(15,12(18,19)20)28-14(24,25)11(16,17)13(21,22)23/h3-5H,1-2H3. The maximum absolute atomic E-state index is 14.0. The Balaban J connectivity index is 3.36. The largest absolute Gasteiger partial charge is 0.462 e. The fourth-order valence-electron chi connectivity index (χ4n) is 1.62. The first-order valence-corrected chi connectivity index (χ1v) is 6.84. The van der Waals surface area contributed by atoms with Crippen molar-refractivity contribution < 1.29 is 62.6 Å². The third-order valence-electron chi connectivity index (χ3n) is 3.38. The van der Waals surface area contributed by atoms with Gasteiger partial charge in [0.05, 0.1) is 0 Å². The summed E-state index contributed by atoms with van der Waals surface area (Å²) in [4.78, 5) is 11.5. The normalized spacial score (nSPS) is 15.9. The van der Waals surface area contributed by atoms with Crippen LogP contribution < -0.4 is 4.74 Å². The fraction of sp³-hybridized carbons (Fsp3) is 0.500. The van der Waals surface area contributed by atoms with Gasteiger partial charge in [0, 0.05) is 0 Å². The van der Waals surface area contributed by atoms with Crippen LogP contribution >= 0.6 is 0 Å². The molecule has 1 unspecified atom stereocenters. The molecular weight excluding hydrogens is 425 g/mol. The van der Waals surface area contributed by atoms with Gasteiger partial charge in [-0.15, -0.1) is 0 Å². The van der Waals surface area contributed by atoms with E-state index in [9.17, 15) is 53.1 Å². The Morgan fingerprint density at radius 3 is 1.75 bits per heavy atom. The zero-order valence-corrected chi connectivity index (χ0v) is 13.6. The van der Waals surface area contributed by atoms with Crippen LogP contribution in [0.25, 0.3) is 0 Å². The summed E-state index contributed by atoms with van der Waals surface area (Å²) in [5.74, 6) is -17.7. The van der Waals surface area contributed by atoms with Crippen molar-refractivity contribution in [1.29, 1.82) is 0 Å². The second kappa shape index (κ2) is 7.04. The minimum Gasteiger partial charge on any atom is -0.422 e. The van der Waals surface area contributed by atoms with Gasteiger partial charge in [0.15, 0.2) is 0 Å². The monoisotopic (exact) mass is 434 g/mol. The SMILES string of the molecule is Cc1cccc(OC(=O)C(F)(OC(F)(F)C(F)(F)C(F)(F)F)C(F)(F)F)c1C. The van der Waals surface area contributed by atoms with E-state index in [2.05, 4.69) is 9.47 Å². The van der Waals surface area contributed by atoms with Crippen molar-refractivity contribution in [2.75, 3.05) is 0 Å². The minimum absolute atomic E-state index is 0.0762. The Kier molecular flexibility index (Phi) is 6.02. The highest BCUT2D eigenvalue weighted by molar-refractivity contribution is 5.81. The number of hydrogen-bond acceptors (Lipinski definition) is 3. The molecule has 1 atom stereocenters. The summed E-state index contributed by atoms with van der Waals surface area (Å²) in [5.41, 5.74) is 0.198. The third kappa shape index (κ3) is 4.15. The van der Waals surface area contributed by atoms with Crippen molar-refractivity contribution in [3.8, 4) is 5.75 Å². The van der Waals surface area contributed by atoms with E-state index in [0.29, 0.717) is 0 Å². The number of benzene rings is 1. The lowest BCUT2D eigenvalue weighted by molar-refractivity contribution is -0.474. The van der Waals surface area contributed by atoms with E-state index in [4.69, 9.17) is 0 Å². The zero-order chi connectivity index (χ0) is 22.3. The number of aryl methyl sites for hydroxylation is 1. The Morgan fingerprint density at radius 2 is 1.32 bits per heavy atom. The van der Waals surface area contributed by atoms with Gasteiger partial charge in [-0.25, -0.2) is 4.79 Å². The van der Waals surface area contributed by atoms with E-state index >= 15 is 0 Å². The summed E-state index contributed by atoms with van der Waals surface area (Å²) in [7, 11) is 0. The van der Waals surface area contributed by atoms with Gasteiger partial charge in [-0.2, -0.15) is 48.3 Å². The third-order valence-corrected chi connectivity index (χ3v) is 3.38. The van der Waals surface area contributed by atoms with Crippen LogP contribution in [0.3, 0.4) is 0 Å². The van der Waals surface area contributed by atoms with Crippen molar-refractivity contribution in [2.45, 2.75) is 44.1 Å². The predicted molar refractivity (Wildman–Crippen MR) is 68.5 cm³/mol. The molecule has 0 radical (unpaired) electrons. The molecule has 1 rings (SSSR count). The Labute approximate surface area is 149 Å². The maximum atomic E-state index is 14.0. The summed E-state index contributed by atoms with van der Waals surface area (Å²) in [6.45, 7) is 2.51. The average molecular weight is 434 g/mol. The van der Waals surface area contributed by atoms with Gasteiger partial charge in [0.1, 0.15) is 5.75 Å². The summed E-state index contributed by atoms with van der Waals surface area (Å²) >= 11 is 0. The molecule has 0 aliphatic rings. The van der Waals surface area contributed by atoms with Gasteiger partial charge in [-0.3, -0.25) is 4.74 Å². The molecule has 0 aromatic heterocycles. The molecule has 160 valence electrons. The van der Waals surface area contributed by atoms with Gasteiger partial charge in [-0.1, -0.05) is 12.1 Å². The van der Waals surface area contributed by atoms with Crippen LogP contribution in [0, 0.1) is 13.8 Å². The number of halogens is 11. The van der Waals surface area contributed by atoms with E-state index in [0.717, 1.165) is 19.1 Å². The van der Waals surface area contributed by atoms with E-state index in [1.807, 2.05) is 0 Å². The quantitative estimate of drug-likeness (QED) is 0.361. The first-order chi connectivity index (χ1) is 12.3. The first-order valence-electron chi connectivity index (χ1n) is 6.84. The van der Waals surface area contributed by atoms with Crippen molar-refractivity contribution in [2.24, 2.45) is 0 Å². The Hall–Kier alpha value is -2.12. The van der Waals surface area contributed by atoms with Crippen molar-refractivity contribution in [3.63, 3.8) is 0 Å². The lowest BCUT2D eigenvalue weighted by atomic mass is 10.1. The number of ether oxygens (including phenoxy) is 2. The van der Waals surface area contributed by atoms with E-state index < -0.39 is 42.0 Å². The van der Waals surface area contributed by atoms with Crippen molar-refractivity contribution in [1.82, 2.24) is 0 Å². The van der Waals surface area contributed by atoms with Crippen LogP contribution in [0.4, 0.5) is 48.3 Å². The lowest BCUT2D eigenvalue weighted by Gasteiger charge is -2.33. The molecule has 0 spiro atoms. The summed E-state index contributed by atoms with van der Waals surface area (Å²) in [5, 5.41) is 0. The zero-order valence-electron chi connectivity index (χ0n) is 13.6.